The van der Waals surface area contributed by atoms with Crippen LogP contribution in [0, 0.1) is 11.8 Å². The molecule has 2 amide bonds. The number of nitrogens with one attached hydrogen (secondary N) is 2. The zero-order valence-electron chi connectivity index (χ0n) is 18.1. The first-order valence-corrected chi connectivity index (χ1v) is 13.3. The summed E-state index contributed by atoms with van der Waals surface area (Å²) < 4.78 is 7.18. The van der Waals surface area contributed by atoms with Gasteiger partial charge in [0.2, 0.25) is 11.8 Å². The van der Waals surface area contributed by atoms with Crippen molar-refractivity contribution in [1.82, 2.24) is 10.6 Å². The van der Waals surface area contributed by atoms with Gasteiger partial charge in [0.15, 0.2) is 5.78 Å². The van der Waals surface area contributed by atoms with Crippen molar-refractivity contribution in [3.05, 3.63) is 0 Å². The molecule has 0 aliphatic carbocycles. The molecule has 3 unspecified atom stereocenters. The topological polar surface area (TPSA) is 114 Å². The number of nitrogens with two attached hydrogens (primary N) is 1. The third-order valence-corrected chi connectivity index (χ3v) is 3.35. The van der Waals surface area contributed by atoms with E-state index in [0.717, 1.165) is 5.92 Å². The van der Waals surface area contributed by atoms with Crippen molar-refractivity contribution in [1.29, 1.82) is 0 Å². The van der Waals surface area contributed by atoms with Crippen molar-refractivity contribution in [2.45, 2.75) is 77.1 Å². The normalized spacial score (nSPS) is 19.7. The summed E-state index contributed by atoms with van der Waals surface area (Å²) in [5.41, 5.74) is 4.94. The molecule has 8 heteroatoms. The van der Waals surface area contributed by atoms with Gasteiger partial charge in [0, 0.05) is 0 Å². The van der Waals surface area contributed by atoms with E-state index in [1.165, 1.54) is 25.8 Å². The van der Waals surface area contributed by atoms with Gasteiger partial charge in [0.05, 0.1) is 25.2 Å². The molecule has 7 nitrogen and oxygen atoms in total. The molecule has 0 spiro atoms. The van der Waals surface area contributed by atoms with E-state index in [4.69, 9.17) is 10.5 Å². The number of hydrogen-bond donors (Lipinski definition) is 3. The number of Topliss-reactive ketones (excluding diaryl/α,β-unsaturated/α-hetero) is 1. The number of epoxide rings is 1. The molecule has 4 N–H and O–H groups in total. The second-order valence-electron chi connectivity index (χ2n) is 7.86. The van der Waals surface area contributed by atoms with Gasteiger partial charge in [-0.15, -0.1) is 0 Å². The van der Waals surface area contributed by atoms with Crippen LogP contribution in [-0.2, 0) is 19.1 Å². The number of rotatable bonds is 8. The van der Waals surface area contributed by atoms with E-state index in [2.05, 4.69) is 35.9 Å². The third kappa shape index (κ3) is 14.2. The minimum absolute atomic E-state index is 0.168. The predicted octanol–water partition coefficient (Wildman–Crippen LogP) is 1.20. The Labute approximate surface area is 180 Å². The fourth-order valence-corrected chi connectivity index (χ4v) is 1.98. The van der Waals surface area contributed by atoms with Crippen LogP contribution in [-0.4, -0.2) is 74.2 Å². The van der Waals surface area contributed by atoms with Crippen molar-refractivity contribution < 1.29 is 19.1 Å². The van der Waals surface area contributed by atoms with Crippen LogP contribution in [0.15, 0.2) is 0 Å². The molecular formula is C19H38N3O4Pb. The van der Waals surface area contributed by atoms with Crippen molar-refractivity contribution in [3.63, 3.8) is 0 Å². The zero-order chi connectivity index (χ0) is 21.8. The molecule has 3 atom stereocenters. The quantitative estimate of drug-likeness (QED) is 0.296. The van der Waals surface area contributed by atoms with Gasteiger partial charge in [-0.2, -0.15) is 0 Å². The third-order valence-electron chi connectivity index (χ3n) is 3.35. The fraction of sp³-hybridized carbons (Fsp3) is 0.842. The van der Waals surface area contributed by atoms with Gasteiger partial charge in [-0.1, -0.05) is 34.6 Å². The van der Waals surface area contributed by atoms with Gasteiger partial charge >= 0.3 is 30.3 Å². The first-order valence-electron chi connectivity index (χ1n) is 9.40. The SMILES string of the molecule is CC(C)C.CC(C)CC(N)C(=O)NCC(=O)NC(C)C(=O)C1(C)CO1.[CH3][Pb]. The van der Waals surface area contributed by atoms with Gasteiger partial charge < -0.3 is 21.1 Å². The summed E-state index contributed by atoms with van der Waals surface area (Å²) >= 11 is 1.31. The minimum atomic E-state index is -0.768. The van der Waals surface area contributed by atoms with Gasteiger partial charge in [-0.3, -0.25) is 14.4 Å². The van der Waals surface area contributed by atoms with Crippen LogP contribution >= 0.6 is 0 Å². The Morgan fingerprint density at radius 2 is 1.56 bits per heavy atom. The molecule has 3 radical (unpaired) electrons. The molecule has 1 saturated heterocycles. The van der Waals surface area contributed by atoms with Gasteiger partial charge in [-0.25, -0.2) is 0 Å². The summed E-state index contributed by atoms with van der Waals surface area (Å²) in [7, 11) is 0. The summed E-state index contributed by atoms with van der Waals surface area (Å²) in [6.45, 7) is 13.9. The second kappa shape index (κ2) is 14.5. The summed E-state index contributed by atoms with van der Waals surface area (Å²) in [5, 5.41) is 5.00. The van der Waals surface area contributed by atoms with Crippen molar-refractivity contribution in [2.75, 3.05) is 13.2 Å². The molecular weight excluding hydrogens is 541 g/mol. The molecule has 157 valence electrons. The fourth-order valence-electron chi connectivity index (χ4n) is 1.98. The Morgan fingerprint density at radius 3 is 1.93 bits per heavy atom. The zero-order valence-corrected chi connectivity index (χ0v) is 22.0. The number of hydrogen-bond acceptors (Lipinski definition) is 5. The summed E-state index contributed by atoms with van der Waals surface area (Å²) in [4.78, 5) is 35.2. The molecule has 0 aromatic heterocycles. The monoisotopic (exact) mass is 580 g/mol. The van der Waals surface area contributed by atoms with Crippen LogP contribution in [0.2, 0.25) is 4.48 Å². The Kier molecular flexibility index (Phi) is 15.3. The molecule has 1 rings (SSSR count). The average Bonchev–Trinajstić information content (AvgIpc) is 3.31. The second-order valence-corrected chi connectivity index (χ2v) is 7.86. The Hall–Kier alpha value is -0.548. The summed E-state index contributed by atoms with van der Waals surface area (Å²) in [6.07, 6.45) is 0.554. The first kappa shape index (κ1) is 28.7. The van der Waals surface area contributed by atoms with E-state index in [0.29, 0.717) is 18.9 Å². The molecule has 0 aromatic carbocycles. The van der Waals surface area contributed by atoms with Crippen molar-refractivity contribution >= 4 is 43.4 Å². The van der Waals surface area contributed by atoms with E-state index in [9.17, 15) is 14.4 Å². The van der Waals surface area contributed by atoms with Crippen LogP contribution in [0.4, 0.5) is 0 Å². The standard InChI is InChI=1S/C14H25N3O4.C4H10.CH3.Pb/c1-8(2)5-10(15)13(20)16-6-11(18)17-9(3)12(19)14(4)7-21-14;1-4(2)3;;/h8-10H,5-7,15H2,1-4H3,(H,16,20)(H,17,18);4H,1-3H3;1H3;. The van der Waals surface area contributed by atoms with Crippen molar-refractivity contribution in [3.8, 4) is 0 Å². The van der Waals surface area contributed by atoms with Gasteiger partial charge in [-0.05, 0) is 32.1 Å². The van der Waals surface area contributed by atoms with Crippen LogP contribution in [0.25, 0.3) is 0 Å². The maximum absolute atomic E-state index is 11.9. The number of amides is 2. The van der Waals surface area contributed by atoms with Crippen LogP contribution in [0.1, 0.15) is 54.9 Å². The van der Waals surface area contributed by atoms with Gasteiger partial charge in [0.1, 0.15) is 5.60 Å². The van der Waals surface area contributed by atoms with Crippen LogP contribution < -0.4 is 16.4 Å². The average molecular weight is 580 g/mol. The molecule has 1 aliphatic heterocycles. The predicted molar refractivity (Wildman–Crippen MR) is 110 cm³/mol. The molecule has 27 heavy (non-hydrogen) atoms. The summed E-state index contributed by atoms with van der Waals surface area (Å²) in [6, 6.07) is -1.28. The van der Waals surface area contributed by atoms with Crippen LogP contribution in [0.5, 0.6) is 0 Å². The Morgan fingerprint density at radius 1 is 1.11 bits per heavy atom. The maximum atomic E-state index is 11.9. The molecule has 0 aromatic rings. The Balaban J connectivity index is 0. The molecule has 1 fully saturated rings. The molecule has 1 aliphatic rings. The first-order chi connectivity index (χ1) is 12.4. The number of ether oxygens (including phenoxy) is 1. The summed E-state index contributed by atoms with van der Waals surface area (Å²) in [5.74, 6) is 0.177. The van der Waals surface area contributed by atoms with E-state index < -0.39 is 23.6 Å². The number of carbonyl (C=O) groups is 3. The van der Waals surface area contributed by atoms with Crippen molar-refractivity contribution in [2.24, 2.45) is 17.6 Å². The number of ketones is 1. The molecule has 0 bridgehead atoms. The number of carbonyl (C=O) groups excluding carboxylic acids is 3. The Bertz CT molecular complexity index is 463. The van der Waals surface area contributed by atoms with E-state index in [-0.39, 0.29) is 18.2 Å². The van der Waals surface area contributed by atoms with Gasteiger partial charge in [0.25, 0.3) is 0 Å². The van der Waals surface area contributed by atoms with E-state index in [1.54, 1.807) is 13.8 Å². The van der Waals surface area contributed by atoms with E-state index >= 15 is 0 Å². The van der Waals surface area contributed by atoms with Crippen LogP contribution in [0.3, 0.4) is 0 Å². The van der Waals surface area contributed by atoms with E-state index in [1.807, 2.05) is 13.8 Å². The molecule has 0 saturated carbocycles. The molecule has 1 heterocycles.